The van der Waals surface area contributed by atoms with Crippen molar-refractivity contribution >= 4 is 34.1 Å². The van der Waals surface area contributed by atoms with Gasteiger partial charge < -0.3 is 0 Å². The summed E-state index contributed by atoms with van der Waals surface area (Å²) in [6.07, 6.45) is 3.68. The molecule has 0 N–H and O–H groups in total. The third-order valence-electron chi connectivity index (χ3n) is 2.95. The van der Waals surface area contributed by atoms with Gasteiger partial charge in [-0.25, -0.2) is 0 Å². The van der Waals surface area contributed by atoms with Gasteiger partial charge in [-0.2, -0.15) is 0 Å². The number of thioether (sulfide) groups is 1. The molecule has 0 fully saturated rings. The molecule has 18 heavy (non-hydrogen) atoms. The van der Waals surface area contributed by atoms with Crippen LogP contribution in [-0.2, 0) is 0 Å². The van der Waals surface area contributed by atoms with Crippen molar-refractivity contribution in [3.05, 3.63) is 30.6 Å². The molecule has 0 bridgehead atoms. The van der Waals surface area contributed by atoms with Gasteiger partial charge in [0.1, 0.15) is 6.33 Å². The van der Waals surface area contributed by atoms with E-state index in [0.29, 0.717) is 0 Å². The fraction of sp³-hybridized carbons (Fsp3) is 0.0909. The average Bonchev–Trinajstić information content (AvgIpc) is 3.05. The Morgan fingerprint density at radius 2 is 1.83 bits per heavy atom. The van der Waals surface area contributed by atoms with E-state index in [1.54, 1.807) is 18.1 Å². The Kier molecular flexibility index (Phi) is 1.87. The molecule has 6 nitrogen and oxygen atoms in total. The summed E-state index contributed by atoms with van der Waals surface area (Å²) in [4.78, 5) is 0. The first-order valence-electron chi connectivity index (χ1n) is 5.39. The van der Waals surface area contributed by atoms with E-state index >= 15 is 0 Å². The highest BCUT2D eigenvalue weighted by molar-refractivity contribution is 7.98. The van der Waals surface area contributed by atoms with Crippen LogP contribution in [0.3, 0.4) is 0 Å². The molecule has 0 aliphatic carbocycles. The largest absolute Gasteiger partial charge is 0.277 e. The number of nitrogens with zero attached hydrogens (tertiary/aromatic N) is 6. The zero-order valence-electron chi connectivity index (χ0n) is 9.48. The average molecular weight is 256 g/mol. The molecular formula is C11H8N6S. The first kappa shape index (κ1) is 9.84. The normalized spacial score (nSPS) is 11.8. The summed E-state index contributed by atoms with van der Waals surface area (Å²) in [7, 11) is 0. The summed E-state index contributed by atoms with van der Waals surface area (Å²) >= 11 is 1.56. The van der Waals surface area contributed by atoms with E-state index in [0.717, 1.165) is 27.5 Å². The zero-order chi connectivity index (χ0) is 12.1. The van der Waals surface area contributed by atoms with Crippen molar-refractivity contribution in [2.75, 3.05) is 6.26 Å². The van der Waals surface area contributed by atoms with Crippen LogP contribution in [-0.4, -0.2) is 35.5 Å². The van der Waals surface area contributed by atoms with E-state index < -0.39 is 0 Å². The van der Waals surface area contributed by atoms with Crippen molar-refractivity contribution in [2.45, 2.75) is 5.16 Å². The molecule has 0 saturated carbocycles. The van der Waals surface area contributed by atoms with Gasteiger partial charge in [-0.1, -0.05) is 23.9 Å². The van der Waals surface area contributed by atoms with Gasteiger partial charge >= 0.3 is 0 Å². The molecule has 1 aromatic carbocycles. The van der Waals surface area contributed by atoms with Gasteiger partial charge in [0.05, 0.1) is 11.0 Å². The first-order valence-corrected chi connectivity index (χ1v) is 6.62. The van der Waals surface area contributed by atoms with Crippen molar-refractivity contribution in [3.8, 4) is 0 Å². The van der Waals surface area contributed by atoms with Crippen molar-refractivity contribution in [1.29, 1.82) is 0 Å². The molecule has 0 amide bonds. The third kappa shape index (κ3) is 1.09. The van der Waals surface area contributed by atoms with Gasteiger partial charge in [-0.3, -0.25) is 8.80 Å². The van der Waals surface area contributed by atoms with Crippen LogP contribution in [0.1, 0.15) is 0 Å². The summed E-state index contributed by atoms with van der Waals surface area (Å²) in [6, 6.07) is 8.08. The summed E-state index contributed by atoms with van der Waals surface area (Å²) in [6.45, 7) is 0. The first-order chi connectivity index (χ1) is 8.90. The number of benzene rings is 1. The molecule has 4 rings (SSSR count). The summed E-state index contributed by atoms with van der Waals surface area (Å²) in [5, 5.41) is 17.3. The molecule has 0 saturated heterocycles. The Balaban J connectivity index is 2.42. The Morgan fingerprint density at radius 1 is 1.00 bits per heavy atom. The number of hydrogen-bond donors (Lipinski definition) is 0. The van der Waals surface area contributed by atoms with Crippen molar-refractivity contribution in [3.63, 3.8) is 0 Å². The summed E-state index contributed by atoms with van der Waals surface area (Å²) in [5.41, 5.74) is 3.55. The third-order valence-corrected chi connectivity index (χ3v) is 3.58. The standard InChI is InChI=1S/C11H8N6S/c1-18-11-15-14-10-9-13-12-6-16(9)7-4-2-3-5-8(7)17(10)11/h2-6H,1H3. The van der Waals surface area contributed by atoms with Crippen LogP contribution < -0.4 is 0 Å². The van der Waals surface area contributed by atoms with E-state index in [9.17, 15) is 0 Å². The van der Waals surface area contributed by atoms with Gasteiger partial charge in [0.25, 0.3) is 0 Å². The number of rotatable bonds is 1. The highest BCUT2D eigenvalue weighted by Crippen LogP contribution is 2.23. The number of para-hydroxylation sites is 2. The minimum absolute atomic E-state index is 0.724. The second-order valence-corrected chi connectivity index (χ2v) is 4.63. The van der Waals surface area contributed by atoms with E-state index in [4.69, 9.17) is 0 Å². The lowest BCUT2D eigenvalue weighted by Gasteiger charge is -2.05. The maximum absolute atomic E-state index is 4.21. The van der Waals surface area contributed by atoms with Gasteiger partial charge in [-0.15, -0.1) is 20.4 Å². The maximum Gasteiger partial charge on any atom is 0.207 e. The Labute approximate surface area is 106 Å². The predicted octanol–water partition coefficient (Wildman–Crippen LogP) is 1.65. The second-order valence-electron chi connectivity index (χ2n) is 3.86. The lowest BCUT2D eigenvalue weighted by atomic mass is 10.3. The molecule has 0 unspecified atom stereocenters. The molecule has 0 radical (unpaired) electrons. The van der Waals surface area contributed by atoms with Crippen LogP contribution in [0.15, 0.2) is 35.7 Å². The minimum Gasteiger partial charge on any atom is -0.277 e. The Bertz CT molecular complexity index is 877. The molecule has 0 spiro atoms. The number of hydrogen-bond acceptors (Lipinski definition) is 5. The molecule has 88 valence electrons. The van der Waals surface area contributed by atoms with Crippen LogP contribution in [0.25, 0.3) is 22.3 Å². The van der Waals surface area contributed by atoms with Crippen LogP contribution >= 0.6 is 11.8 Å². The van der Waals surface area contributed by atoms with E-state index in [1.807, 2.05) is 39.3 Å². The van der Waals surface area contributed by atoms with E-state index in [1.165, 1.54) is 0 Å². The molecule has 0 aliphatic rings. The summed E-state index contributed by atoms with van der Waals surface area (Å²) < 4.78 is 3.95. The Hall–Kier alpha value is -2.15. The smallest absolute Gasteiger partial charge is 0.207 e. The highest BCUT2D eigenvalue weighted by Gasteiger charge is 2.14. The molecule has 3 aromatic heterocycles. The molecular weight excluding hydrogens is 248 g/mol. The van der Waals surface area contributed by atoms with Gasteiger partial charge in [0.2, 0.25) is 11.3 Å². The van der Waals surface area contributed by atoms with Crippen molar-refractivity contribution in [2.24, 2.45) is 0 Å². The number of fused-ring (bicyclic) bond motifs is 6. The van der Waals surface area contributed by atoms with Crippen LogP contribution in [0.4, 0.5) is 0 Å². The Morgan fingerprint density at radius 3 is 2.67 bits per heavy atom. The molecule has 7 heteroatoms. The SMILES string of the molecule is CSc1nnc2c3nncn3c3ccccc3n12. The molecule has 0 aliphatic heterocycles. The monoisotopic (exact) mass is 256 g/mol. The minimum atomic E-state index is 0.724. The molecule has 3 heterocycles. The lowest BCUT2D eigenvalue weighted by Crippen LogP contribution is -1.97. The second kappa shape index (κ2) is 3.42. The topological polar surface area (TPSA) is 60.4 Å². The lowest BCUT2D eigenvalue weighted by molar-refractivity contribution is 0.942. The van der Waals surface area contributed by atoms with E-state index in [2.05, 4.69) is 20.4 Å². The van der Waals surface area contributed by atoms with Gasteiger partial charge in [-0.05, 0) is 18.4 Å². The molecule has 0 atom stereocenters. The molecule has 4 aromatic rings. The number of aromatic nitrogens is 6. The van der Waals surface area contributed by atoms with Crippen LogP contribution in [0.5, 0.6) is 0 Å². The fourth-order valence-electron chi connectivity index (χ4n) is 2.18. The van der Waals surface area contributed by atoms with E-state index in [-0.39, 0.29) is 0 Å². The quantitative estimate of drug-likeness (QED) is 0.485. The van der Waals surface area contributed by atoms with Crippen LogP contribution in [0, 0.1) is 0 Å². The van der Waals surface area contributed by atoms with Crippen molar-refractivity contribution < 1.29 is 0 Å². The van der Waals surface area contributed by atoms with Crippen LogP contribution in [0.2, 0.25) is 0 Å². The highest BCUT2D eigenvalue weighted by atomic mass is 32.2. The zero-order valence-corrected chi connectivity index (χ0v) is 10.3. The predicted molar refractivity (Wildman–Crippen MR) is 68.8 cm³/mol. The van der Waals surface area contributed by atoms with Gasteiger partial charge in [0.15, 0.2) is 5.16 Å². The van der Waals surface area contributed by atoms with Gasteiger partial charge in [0, 0.05) is 0 Å². The maximum atomic E-state index is 4.21. The summed E-state index contributed by atoms with van der Waals surface area (Å²) in [5.74, 6) is 0. The fourth-order valence-corrected chi connectivity index (χ4v) is 2.67. The van der Waals surface area contributed by atoms with Crippen molar-refractivity contribution in [1.82, 2.24) is 29.2 Å².